The third-order valence-electron chi connectivity index (χ3n) is 4.83. The van der Waals surface area contributed by atoms with Crippen LogP contribution < -0.4 is 15.4 Å². The van der Waals surface area contributed by atoms with Crippen molar-refractivity contribution in [3.63, 3.8) is 0 Å². The van der Waals surface area contributed by atoms with Gasteiger partial charge in [0.2, 0.25) is 0 Å². The Kier molecular flexibility index (Phi) is 10.3. The molecule has 3 amide bonds. The van der Waals surface area contributed by atoms with E-state index in [0.29, 0.717) is 6.54 Å². The lowest BCUT2D eigenvalue weighted by Crippen LogP contribution is -2.32. The van der Waals surface area contributed by atoms with Crippen LogP contribution in [0.15, 0.2) is 47.5 Å². The van der Waals surface area contributed by atoms with Crippen LogP contribution in [0.4, 0.5) is 0 Å². The molecule has 0 spiro atoms. The molecule has 0 aliphatic heterocycles. The molecule has 0 radical (unpaired) electrons. The standard InChI is InChI=1S/C23H28N4O7S/c1-3-4-5-6-12-24-21(29)16-8-7-9-18(13-16)35(32,33)27-22(30)17-10-11-19(25-14-17)23(31)26-15-20(28)34-2/h7-11,13-14H,3-6,12,15H2,1-2H3,(H,24,29)(H,26,31)(H,27,30). The number of pyridine rings is 1. The van der Waals surface area contributed by atoms with Gasteiger partial charge in [0, 0.05) is 18.3 Å². The third-order valence-corrected chi connectivity index (χ3v) is 6.16. The Morgan fingerprint density at radius 2 is 1.69 bits per heavy atom. The van der Waals surface area contributed by atoms with Gasteiger partial charge in [0.05, 0.1) is 17.6 Å². The molecule has 0 bridgehead atoms. The van der Waals surface area contributed by atoms with Gasteiger partial charge in [-0.05, 0) is 36.8 Å². The zero-order valence-corrected chi connectivity index (χ0v) is 20.3. The van der Waals surface area contributed by atoms with Crippen molar-refractivity contribution >= 4 is 33.7 Å². The third kappa shape index (κ3) is 8.49. The second-order valence-electron chi connectivity index (χ2n) is 7.47. The summed E-state index contributed by atoms with van der Waals surface area (Å²) < 4.78 is 31.7. The van der Waals surface area contributed by atoms with Gasteiger partial charge in [-0.1, -0.05) is 32.3 Å². The van der Waals surface area contributed by atoms with Crippen molar-refractivity contribution in [3.05, 3.63) is 59.4 Å². The number of esters is 1. The van der Waals surface area contributed by atoms with Crippen LogP contribution in [0.5, 0.6) is 0 Å². The van der Waals surface area contributed by atoms with E-state index < -0.39 is 33.7 Å². The molecule has 2 aromatic rings. The summed E-state index contributed by atoms with van der Waals surface area (Å²) in [4.78, 5) is 51.4. The Balaban J connectivity index is 2.01. The quantitative estimate of drug-likeness (QED) is 0.289. The van der Waals surface area contributed by atoms with Gasteiger partial charge in [0.15, 0.2) is 0 Å². The molecule has 0 aliphatic carbocycles. The highest BCUT2D eigenvalue weighted by Gasteiger charge is 2.21. The highest BCUT2D eigenvalue weighted by Crippen LogP contribution is 2.13. The van der Waals surface area contributed by atoms with Crippen LogP contribution >= 0.6 is 0 Å². The van der Waals surface area contributed by atoms with E-state index in [4.69, 9.17) is 0 Å². The predicted octanol–water partition coefficient (Wildman–Crippen LogP) is 1.41. The van der Waals surface area contributed by atoms with Crippen molar-refractivity contribution < 1.29 is 32.3 Å². The maximum atomic E-state index is 12.7. The average Bonchev–Trinajstić information content (AvgIpc) is 2.86. The first-order valence-electron chi connectivity index (χ1n) is 10.9. The van der Waals surface area contributed by atoms with Crippen molar-refractivity contribution in [1.82, 2.24) is 20.3 Å². The summed E-state index contributed by atoms with van der Waals surface area (Å²) in [6.45, 7) is 2.22. The Labute approximate surface area is 203 Å². The van der Waals surface area contributed by atoms with Crippen LogP contribution in [-0.2, 0) is 19.6 Å². The molecule has 0 atom stereocenters. The highest BCUT2D eigenvalue weighted by atomic mass is 32.2. The summed E-state index contributed by atoms with van der Waals surface area (Å²) in [5, 5.41) is 5.04. The van der Waals surface area contributed by atoms with Crippen LogP contribution in [0.2, 0.25) is 0 Å². The lowest BCUT2D eigenvalue weighted by atomic mass is 10.2. The van der Waals surface area contributed by atoms with E-state index >= 15 is 0 Å². The second-order valence-corrected chi connectivity index (χ2v) is 9.15. The number of methoxy groups -OCH3 is 1. The van der Waals surface area contributed by atoms with Crippen molar-refractivity contribution in [2.24, 2.45) is 0 Å². The fourth-order valence-corrected chi connectivity index (χ4v) is 3.90. The Bertz CT molecular complexity index is 1160. The largest absolute Gasteiger partial charge is 0.468 e. The lowest BCUT2D eigenvalue weighted by Gasteiger charge is -2.09. The number of nitrogens with zero attached hydrogens (tertiary/aromatic N) is 1. The number of hydrogen-bond acceptors (Lipinski definition) is 8. The van der Waals surface area contributed by atoms with Gasteiger partial charge in [-0.2, -0.15) is 0 Å². The van der Waals surface area contributed by atoms with Crippen LogP contribution in [0.25, 0.3) is 0 Å². The lowest BCUT2D eigenvalue weighted by molar-refractivity contribution is -0.139. The van der Waals surface area contributed by atoms with Gasteiger partial charge >= 0.3 is 5.97 Å². The Morgan fingerprint density at radius 3 is 2.34 bits per heavy atom. The maximum Gasteiger partial charge on any atom is 0.325 e. The summed E-state index contributed by atoms with van der Waals surface area (Å²) in [6, 6.07) is 7.77. The molecule has 0 fully saturated rings. The molecule has 12 heteroatoms. The monoisotopic (exact) mass is 504 g/mol. The SMILES string of the molecule is CCCCCCNC(=O)c1cccc(S(=O)(=O)NC(=O)c2ccc(C(=O)NCC(=O)OC)nc2)c1. The molecule has 0 saturated carbocycles. The fraction of sp³-hybridized carbons (Fsp3) is 0.348. The number of carbonyl (C=O) groups excluding carboxylic acids is 4. The summed E-state index contributed by atoms with van der Waals surface area (Å²) in [5.41, 5.74) is -0.0411. The van der Waals surface area contributed by atoms with Gasteiger partial charge in [-0.15, -0.1) is 0 Å². The first kappa shape index (κ1) is 27.4. The number of rotatable bonds is 12. The molecular weight excluding hydrogens is 476 g/mol. The normalized spacial score (nSPS) is 10.8. The first-order chi connectivity index (χ1) is 16.7. The number of amides is 3. The minimum Gasteiger partial charge on any atom is -0.468 e. The summed E-state index contributed by atoms with van der Waals surface area (Å²) in [5.74, 6) is -2.69. The average molecular weight is 505 g/mol. The van der Waals surface area contributed by atoms with E-state index in [-0.39, 0.29) is 28.3 Å². The number of hydrogen-bond donors (Lipinski definition) is 3. The maximum absolute atomic E-state index is 12.7. The molecule has 0 saturated heterocycles. The van der Waals surface area contributed by atoms with Crippen LogP contribution in [0.3, 0.4) is 0 Å². The molecule has 0 unspecified atom stereocenters. The summed E-state index contributed by atoms with van der Waals surface area (Å²) in [6.07, 6.45) is 5.00. The molecule has 188 valence electrons. The van der Waals surface area contributed by atoms with Crippen molar-refractivity contribution in [2.45, 2.75) is 37.5 Å². The second kappa shape index (κ2) is 13.2. The molecule has 2 rings (SSSR count). The number of nitrogens with one attached hydrogen (secondary N) is 3. The summed E-state index contributed by atoms with van der Waals surface area (Å²) in [7, 11) is -3.11. The van der Waals surface area contributed by atoms with Crippen molar-refractivity contribution in [1.29, 1.82) is 0 Å². The zero-order chi connectivity index (χ0) is 25.8. The molecule has 1 heterocycles. The van der Waals surface area contributed by atoms with Crippen LogP contribution in [-0.4, -0.2) is 57.3 Å². The Morgan fingerprint density at radius 1 is 0.914 bits per heavy atom. The zero-order valence-electron chi connectivity index (χ0n) is 19.5. The minimum atomic E-state index is -4.28. The molecule has 1 aromatic carbocycles. The minimum absolute atomic E-state index is 0.0817. The van der Waals surface area contributed by atoms with E-state index in [0.717, 1.165) is 31.9 Å². The fourth-order valence-electron chi connectivity index (χ4n) is 2.88. The van der Waals surface area contributed by atoms with Gasteiger partial charge in [0.1, 0.15) is 12.2 Å². The molecule has 1 aromatic heterocycles. The topological polar surface area (TPSA) is 161 Å². The van der Waals surface area contributed by atoms with Gasteiger partial charge in [0.25, 0.3) is 27.7 Å². The van der Waals surface area contributed by atoms with Crippen molar-refractivity contribution in [2.75, 3.05) is 20.2 Å². The highest BCUT2D eigenvalue weighted by molar-refractivity contribution is 7.90. The van der Waals surface area contributed by atoms with Gasteiger partial charge in [-0.3, -0.25) is 24.2 Å². The van der Waals surface area contributed by atoms with Crippen LogP contribution in [0, 0.1) is 0 Å². The molecular formula is C23H28N4O7S. The van der Waals surface area contributed by atoms with E-state index in [1.165, 1.54) is 43.5 Å². The smallest absolute Gasteiger partial charge is 0.325 e. The van der Waals surface area contributed by atoms with E-state index in [2.05, 4.69) is 27.3 Å². The van der Waals surface area contributed by atoms with E-state index in [1.807, 2.05) is 4.72 Å². The van der Waals surface area contributed by atoms with E-state index in [9.17, 15) is 27.6 Å². The van der Waals surface area contributed by atoms with Gasteiger partial charge in [-0.25, -0.2) is 13.1 Å². The molecule has 35 heavy (non-hydrogen) atoms. The predicted molar refractivity (Wildman–Crippen MR) is 126 cm³/mol. The number of sulfonamides is 1. The number of ether oxygens (including phenoxy) is 1. The number of unbranched alkanes of at least 4 members (excludes halogenated alkanes) is 3. The Hall–Kier alpha value is -3.80. The van der Waals surface area contributed by atoms with Crippen molar-refractivity contribution in [3.8, 4) is 0 Å². The number of carbonyl (C=O) groups is 4. The first-order valence-corrected chi connectivity index (χ1v) is 12.4. The number of aromatic nitrogens is 1. The molecule has 0 aliphatic rings. The van der Waals surface area contributed by atoms with Crippen LogP contribution in [0.1, 0.15) is 63.8 Å². The van der Waals surface area contributed by atoms with E-state index in [1.54, 1.807) is 0 Å². The summed E-state index contributed by atoms with van der Waals surface area (Å²) >= 11 is 0. The number of benzene rings is 1. The molecule has 3 N–H and O–H groups in total. The molecule has 11 nitrogen and oxygen atoms in total. The van der Waals surface area contributed by atoms with Gasteiger partial charge < -0.3 is 15.4 Å².